The minimum atomic E-state index is -0.522. The van der Waals surface area contributed by atoms with Crippen molar-refractivity contribution in [1.29, 1.82) is 0 Å². The molecule has 2 rings (SSSR count). The molecule has 0 aliphatic rings. The van der Waals surface area contributed by atoms with Crippen molar-refractivity contribution in [2.24, 2.45) is 5.90 Å². The maximum absolute atomic E-state index is 14.3. The summed E-state index contributed by atoms with van der Waals surface area (Å²) in [6.45, 7) is 0.199. The zero-order valence-corrected chi connectivity index (χ0v) is 11.1. The molecule has 0 fully saturated rings. The second-order valence-corrected chi connectivity index (χ2v) is 4.14. The van der Waals surface area contributed by atoms with Gasteiger partial charge in [0.05, 0.1) is 19.3 Å². The highest BCUT2D eigenvalue weighted by Crippen LogP contribution is 2.29. The van der Waals surface area contributed by atoms with Crippen LogP contribution in [-0.4, -0.2) is 7.11 Å². The van der Waals surface area contributed by atoms with Gasteiger partial charge in [-0.25, -0.2) is 10.3 Å². The standard InChI is InChI=1S/C15H16FNO3/c1-18-13-7-8-14(15(16)12(13)10-20-17)19-9-11-5-3-2-4-6-11/h2-8H,9-10,17H2,1H3. The lowest BCUT2D eigenvalue weighted by molar-refractivity contribution is 0.118. The SMILES string of the molecule is COc1ccc(OCc2ccccc2)c(F)c1CON. The molecule has 0 amide bonds. The second kappa shape index (κ2) is 6.88. The van der Waals surface area contributed by atoms with E-state index in [1.54, 1.807) is 6.07 Å². The van der Waals surface area contributed by atoms with Gasteiger partial charge >= 0.3 is 0 Å². The molecular weight excluding hydrogens is 261 g/mol. The predicted octanol–water partition coefficient (Wildman–Crippen LogP) is 2.80. The van der Waals surface area contributed by atoms with E-state index in [1.165, 1.54) is 13.2 Å². The van der Waals surface area contributed by atoms with Crippen molar-refractivity contribution in [3.05, 3.63) is 59.4 Å². The molecule has 0 bridgehead atoms. The van der Waals surface area contributed by atoms with Crippen LogP contribution in [0.5, 0.6) is 11.5 Å². The smallest absolute Gasteiger partial charge is 0.174 e. The van der Waals surface area contributed by atoms with E-state index >= 15 is 0 Å². The zero-order chi connectivity index (χ0) is 14.4. The molecule has 2 aromatic rings. The summed E-state index contributed by atoms with van der Waals surface area (Å²) in [5.74, 6) is 5.00. The molecule has 0 spiro atoms. The van der Waals surface area contributed by atoms with Crippen LogP contribution >= 0.6 is 0 Å². The fourth-order valence-corrected chi connectivity index (χ4v) is 1.84. The Morgan fingerprint density at radius 3 is 2.35 bits per heavy atom. The van der Waals surface area contributed by atoms with Gasteiger partial charge < -0.3 is 9.47 Å². The first kappa shape index (κ1) is 14.3. The van der Waals surface area contributed by atoms with Crippen LogP contribution in [0, 0.1) is 5.82 Å². The van der Waals surface area contributed by atoms with Crippen LogP contribution in [0.15, 0.2) is 42.5 Å². The Labute approximate surface area is 116 Å². The number of hydrogen-bond acceptors (Lipinski definition) is 4. The molecule has 0 aromatic heterocycles. The molecule has 0 unspecified atom stereocenters. The summed E-state index contributed by atoms with van der Waals surface area (Å²) in [5, 5.41) is 0. The molecule has 4 nitrogen and oxygen atoms in total. The molecule has 0 saturated heterocycles. The number of nitrogens with two attached hydrogens (primary N) is 1. The number of benzene rings is 2. The van der Waals surface area contributed by atoms with Gasteiger partial charge in [0, 0.05) is 0 Å². The van der Waals surface area contributed by atoms with Gasteiger partial charge in [-0.3, -0.25) is 4.84 Å². The number of halogens is 1. The highest BCUT2D eigenvalue weighted by molar-refractivity contribution is 5.41. The molecule has 0 heterocycles. The van der Waals surface area contributed by atoms with Gasteiger partial charge in [-0.05, 0) is 17.7 Å². The number of rotatable bonds is 6. The number of methoxy groups -OCH3 is 1. The summed E-state index contributed by atoms with van der Waals surface area (Å²) in [6.07, 6.45) is 0. The molecule has 0 saturated carbocycles. The van der Waals surface area contributed by atoms with Crippen LogP contribution in [0.4, 0.5) is 4.39 Å². The molecule has 106 valence electrons. The average Bonchev–Trinajstić information content (AvgIpc) is 2.49. The lowest BCUT2D eigenvalue weighted by Gasteiger charge is -2.13. The Kier molecular flexibility index (Phi) is 4.92. The van der Waals surface area contributed by atoms with Gasteiger partial charge in [0.2, 0.25) is 0 Å². The lowest BCUT2D eigenvalue weighted by atomic mass is 10.2. The largest absolute Gasteiger partial charge is 0.496 e. The van der Waals surface area contributed by atoms with Crippen molar-refractivity contribution in [3.8, 4) is 11.5 Å². The van der Waals surface area contributed by atoms with Crippen LogP contribution in [0.2, 0.25) is 0 Å². The Morgan fingerprint density at radius 2 is 1.70 bits per heavy atom. The van der Waals surface area contributed by atoms with Gasteiger partial charge in [-0.15, -0.1) is 0 Å². The third-order valence-electron chi connectivity index (χ3n) is 2.85. The maximum Gasteiger partial charge on any atom is 0.174 e. The molecule has 5 heteroatoms. The topological polar surface area (TPSA) is 53.7 Å². The van der Waals surface area contributed by atoms with Crippen molar-refractivity contribution in [3.63, 3.8) is 0 Å². The van der Waals surface area contributed by atoms with Crippen LogP contribution < -0.4 is 15.4 Å². The molecule has 0 radical (unpaired) electrons. The zero-order valence-electron chi connectivity index (χ0n) is 11.1. The highest BCUT2D eigenvalue weighted by atomic mass is 19.1. The highest BCUT2D eigenvalue weighted by Gasteiger charge is 2.15. The summed E-state index contributed by atoms with van der Waals surface area (Å²) in [4.78, 5) is 4.49. The summed E-state index contributed by atoms with van der Waals surface area (Å²) < 4.78 is 24.8. The first-order chi connectivity index (χ1) is 9.76. The van der Waals surface area contributed by atoms with Gasteiger partial charge in [-0.1, -0.05) is 30.3 Å². The van der Waals surface area contributed by atoms with Crippen molar-refractivity contribution >= 4 is 0 Å². The van der Waals surface area contributed by atoms with E-state index in [1.807, 2.05) is 30.3 Å². The van der Waals surface area contributed by atoms with Crippen LogP contribution in [0.1, 0.15) is 11.1 Å². The van der Waals surface area contributed by atoms with Crippen molar-refractivity contribution < 1.29 is 18.7 Å². The Hall–Kier alpha value is -2.11. The van der Waals surface area contributed by atoms with E-state index in [9.17, 15) is 4.39 Å². The fourth-order valence-electron chi connectivity index (χ4n) is 1.84. The second-order valence-electron chi connectivity index (χ2n) is 4.14. The first-order valence-electron chi connectivity index (χ1n) is 6.10. The van der Waals surface area contributed by atoms with Crippen LogP contribution in [0.3, 0.4) is 0 Å². The van der Waals surface area contributed by atoms with E-state index in [0.717, 1.165) is 5.56 Å². The maximum atomic E-state index is 14.3. The first-order valence-corrected chi connectivity index (χ1v) is 6.10. The van der Waals surface area contributed by atoms with E-state index in [4.69, 9.17) is 15.4 Å². The minimum Gasteiger partial charge on any atom is -0.496 e. The number of hydrogen-bond donors (Lipinski definition) is 1. The molecule has 20 heavy (non-hydrogen) atoms. The summed E-state index contributed by atoms with van der Waals surface area (Å²) in [6, 6.07) is 12.7. The molecule has 2 N–H and O–H groups in total. The lowest BCUT2D eigenvalue weighted by Crippen LogP contribution is -2.06. The van der Waals surface area contributed by atoms with Crippen LogP contribution in [-0.2, 0) is 18.1 Å². The summed E-state index contributed by atoms with van der Waals surface area (Å²) >= 11 is 0. The normalized spacial score (nSPS) is 10.3. The summed E-state index contributed by atoms with van der Waals surface area (Å²) in [5.41, 5.74) is 1.19. The molecule has 2 aromatic carbocycles. The molecule has 0 aliphatic carbocycles. The van der Waals surface area contributed by atoms with E-state index in [-0.39, 0.29) is 24.5 Å². The molecular formula is C15H16FNO3. The van der Waals surface area contributed by atoms with Gasteiger partial charge in [0.25, 0.3) is 0 Å². The fraction of sp³-hybridized carbons (Fsp3) is 0.200. The third-order valence-corrected chi connectivity index (χ3v) is 2.85. The summed E-state index contributed by atoms with van der Waals surface area (Å²) in [7, 11) is 1.46. The van der Waals surface area contributed by atoms with Gasteiger partial charge in [0.1, 0.15) is 12.4 Å². The van der Waals surface area contributed by atoms with Crippen molar-refractivity contribution in [2.75, 3.05) is 7.11 Å². The monoisotopic (exact) mass is 277 g/mol. The predicted molar refractivity (Wildman–Crippen MR) is 72.7 cm³/mol. The quantitative estimate of drug-likeness (QED) is 0.825. The van der Waals surface area contributed by atoms with Crippen molar-refractivity contribution in [2.45, 2.75) is 13.2 Å². The van der Waals surface area contributed by atoms with E-state index < -0.39 is 5.82 Å². The minimum absolute atomic E-state index is 0.0858. The molecule has 0 atom stereocenters. The third kappa shape index (κ3) is 3.26. The van der Waals surface area contributed by atoms with E-state index in [2.05, 4.69) is 4.84 Å². The average molecular weight is 277 g/mol. The Morgan fingerprint density at radius 1 is 1.00 bits per heavy atom. The van der Waals surface area contributed by atoms with Crippen molar-refractivity contribution in [1.82, 2.24) is 0 Å². The Bertz CT molecular complexity index is 561. The van der Waals surface area contributed by atoms with E-state index in [0.29, 0.717) is 5.75 Å². The van der Waals surface area contributed by atoms with Gasteiger partial charge in [-0.2, -0.15) is 0 Å². The number of ether oxygens (including phenoxy) is 2. The van der Waals surface area contributed by atoms with Gasteiger partial charge in [0.15, 0.2) is 11.6 Å². The molecule has 0 aliphatic heterocycles. The Balaban J connectivity index is 2.18. The van der Waals surface area contributed by atoms with Crippen LogP contribution in [0.25, 0.3) is 0 Å².